The van der Waals surface area contributed by atoms with Gasteiger partial charge >= 0.3 is 0 Å². The number of benzene rings is 2. The maximum Gasteiger partial charge on any atom is 0.253 e. The molecule has 1 amide bonds. The quantitative estimate of drug-likeness (QED) is 0.732. The highest BCUT2D eigenvalue weighted by molar-refractivity contribution is 9.10. The zero-order chi connectivity index (χ0) is 18.0. The number of carbonyl (C=O) groups is 1. The van der Waals surface area contributed by atoms with E-state index in [2.05, 4.69) is 15.9 Å². The zero-order valence-electron chi connectivity index (χ0n) is 13.2. The lowest BCUT2D eigenvalue weighted by atomic mass is 10.2. The Morgan fingerprint density at radius 1 is 0.960 bits per heavy atom. The fraction of sp³-hybridized carbons (Fsp3) is 0.235. The van der Waals surface area contributed by atoms with Crippen LogP contribution in [0.5, 0.6) is 0 Å². The van der Waals surface area contributed by atoms with Crippen molar-refractivity contribution in [3.05, 3.63) is 63.6 Å². The summed E-state index contributed by atoms with van der Waals surface area (Å²) in [6.45, 7) is 1.24. The summed E-state index contributed by atoms with van der Waals surface area (Å²) in [5.74, 6) is -0.116. The summed E-state index contributed by atoms with van der Waals surface area (Å²) < 4.78 is 27.5. The van der Waals surface area contributed by atoms with Crippen molar-refractivity contribution >= 4 is 43.5 Å². The minimum Gasteiger partial charge on any atom is -0.336 e. The van der Waals surface area contributed by atoms with E-state index in [0.717, 1.165) is 0 Å². The second-order valence-electron chi connectivity index (χ2n) is 5.63. The molecule has 2 aromatic rings. The van der Waals surface area contributed by atoms with Gasteiger partial charge in [0.2, 0.25) is 10.0 Å². The van der Waals surface area contributed by atoms with Gasteiger partial charge in [-0.15, -0.1) is 0 Å². The van der Waals surface area contributed by atoms with Gasteiger partial charge in [-0.25, -0.2) is 8.42 Å². The van der Waals surface area contributed by atoms with Gasteiger partial charge in [0.05, 0.1) is 4.90 Å². The van der Waals surface area contributed by atoms with Crippen LogP contribution in [0.15, 0.2) is 57.9 Å². The van der Waals surface area contributed by atoms with Gasteiger partial charge in [0.15, 0.2) is 0 Å². The van der Waals surface area contributed by atoms with Crippen LogP contribution in [0.3, 0.4) is 0 Å². The van der Waals surface area contributed by atoms with E-state index in [9.17, 15) is 13.2 Å². The van der Waals surface area contributed by atoms with E-state index in [1.165, 1.54) is 4.31 Å². The fourth-order valence-electron chi connectivity index (χ4n) is 2.70. The van der Waals surface area contributed by atoms with Gasteiger partial charge in [0.1, 0.15) is 0 Å². The molecule has 0 radical (unpaired) electrons. The number of carbonyl (C=O) groups excluding carboxylic acids is 1. The normalized spacial score (nSPS) is 16.0. The Morgan fingerprint density at radius 3 is 2.16 bits per heavy atom. The smallest absolute Gasteiger partial charge is 0.253 e. The van der Waals surface area contributed by atoms with Crippen LogP contribution in [0.2, 0.25) is 5.02 Å². The monoisotopic (exact) mass is 442 g/mol. The molecule has 1 aliphatic rings. The van der Waals surface area contributed by atoms with Crippen molar-refractivity contribution in [1.82, 2.24) is 9.21 Å². The van der Waals surface area contributed by atoms with E-state index < -0.39 is 10.0 Å². The molecule has 25 heavy (non-hydrogen) atoms. The minimum absolute atomic E-state index is 0.116. The number of amides is 1. The molecule has 3 rings (SSSR count). The van der Waals surface area contributed by atoms with E-state index in [4.69, 9.17) is 11.6 Å². The molecular formula is C17H16BrClN2O3S. The van der Waals surface area contributed by atoms with Gasteiger partial charge in [-0.1, -0.05) is 23.7 Å². The van der Waals surface area contributed by atoms with Crippen LogP contribution in [0.25, 0.3) is 0 Å². The second-order valence-corrected chi connectivity index (χ2v) is 8.83. The van der Waals surface area contributed by atoms with Gasteiger partial charge in [-0.3, -0.25) is 4.79 Å². The lowest BCUT2D eigenvalue weighted by Gasteiger charge is -2.34. The molecule has 0 aromatic heterocycles. The van der Waals surface area contributed by atoms with Crippen molar-refractivity contribution < 1.29 is 13.2 Å². The number of nitrogens with zero attached hydrogens (tertiary/aromatic N) is 2. The largest absolute Gasteiger partial charge is 0.336 e. The summed E-state index contributed by atoms with van der Waals surface area (Å²) in [6, 6.07) is 13.4. The molecule has 0 bridgehead atoms. The predicted octanol–water partition coefficient (Wildman–Crippen LogP) is 3.25. The average molecular weight is 444 g/mol. The number of sulfonamides is 1. The maximum atomic E-state index is 12.8. The van der Waals surface area contributed by atoms with E-state index in [1.54, 1.807) is 53.4 Å². The molecule has 0 unspecified atom stereocenters. The van der Waals surface area contributed by atoms with Crippen LogP contribution in [-0.4, -0.2) is 49.7 Å². The molecule has 132 valence electrons. The Kier molecular flexibility index (Phi) is 5.48. The highest BCUT2D eigenvalue weighted by Crippen LogP contribution is 2.25. The summed E-state index contributed by atoms with van der Waals surface area (Å²) in [4.78, 5) is 14.4. The molecule has 0 atom stereocenters. The van der Waals surface area contributed by atoms with Gasteiger partial charge in [0.25, 0.3) is 5.91 Å². The maximum absolute atomic E-state index is 12.8. The number of piperazine rings is 1. The lowest BCUT2D eigenvalue weighted by molar-refractivity contribution is 0.0698. The van der Waals surface area contributed by atoms with Crippen LogP contribution in [0, 0.1) is 0 Å². The number of hydrogen-bond donors (Lipinski definition) is 0. The van der Waals surface area contributed by atoms with E-state index in [1.807, 2.05) is 0 Å². The predicted molar refractivity (Wildman–Crippen MR) is 100 cm³/mol. The molecule has 5 nitrogen and oxygen atoms in total. The van der Waals surface area contributed by atoms with Gasteiger partial charge in [-0.2, -0.15) is 4.31 Å². The van der Waals surface area contributed by atoms with Gasteiger partial charge in [0, 0.05) is 41.2 Å². The van der Waals surface area contributed by atoms with Crippen LogP contribution in [0.1, 0.15) is 10.4 Å². The van der Waals surface area contributed by atoms with Gasteiger partial charge < -0.3 is 4.90 Å². The molecule has 1 fully saturated rings. The van der Waals surface area contributed by atoms with Crippen molar-refractivity contribution in [2.45, 2.75) is 4.90 Å². The molecule has 1 aliphatic heterocycles. The third-order valence-corrected chi connectivity index (χ3v) is 7.23. The third kappa shape index (κ3) is 3.89. The molecule has 8 heteroatoms. The summed E-state index contributed by atoms with van der Waals surface area (Å²) >= 11 is 9.13. The highest BCUT2D eigenvalue weighted by Gasteiger charge is 2.31. The second kappa shape index (κ2) is 7.45. The summed E-state index contributed by atoms with van der Waals surface area (Å²) in [7, 11) is -3.58. The summed E-state index contributed by atoms with van der Waals surface area (Å²) in [5.41, 5.74) is 0.548. The van der Waals surface area contributed by atoms with E-state index in [-0.39, 0.29) is 23.9 Å². The molecule has 0 spiro atoms. The number of hydrogen-bond acceptors (Lipinski definition) is 3. The Hall–Kier alpha value is -1.41. The molecule has 0 N–H and O–H groups in total. The van der Waals surface area contributed by atoms with Crippen molar-refractivity contribution in [3.63, 3.8) is 0 Å². The molecule has 1 heterocycles. The first-order chi connectivity index (χ1) is 11.9. The minimum atomic E-state index is -3.58. The van der Waals surface area contributed by atoms with Crippen molar-refractivity contribution in [2.75, 3.05) is 26.2 Å². The number of halogens is 2. The summed E-state index contributed by atoms with van der Waals surface area (Å²) in [6.07, 6.45) is 0. The van der Waals surface area contributed by atoms with Crippen LogP contribution in [-0.2, 0) is 10.0 Å². The SMILES string of the molecule is O=C(c1ccc(Cl)cc1)N1CCN(S(=O)(=O)c2ccccc2Br)CC1. The first kappa shape index (κ1) is 18.4. The Bertz CT molecular complexity index is 879. The molecular weight excluding hydrogens is 428 g/mol. The Balaban J connectivity index is 1.70. The standard InChI is InChI=1S/C17H16BrClN2O3S/c18-15-3-1-2-4-16(15)25(23,24)21-11-9-20(10-12-21)17(22)13-5-7-14(19)8-6-13/h1-8H,9-12H2. The van der Waals surface area contributed by atoms with E-state index >= 15 is 0 Å². The van der Waals surface area contributed by atoms with Crippen molar-refractivity contribution in [2.24, 2.45) is 0 Å². The third-order valence-electron chi connectivity index (χ3n) is 4.07. The van der Waals surface area contributed by atoms with E-state index in [0.29, 0.717) is 28.1 Å². The molecule has 0 aliphatic carbocycles. The van der Waals surface area contributed by atoms with Crippen LogP contribution >= 0.6 is 27.5 Å². The van der Waals surface area contributed by atoms with Gasteiger partial charge in [-0.05, 0) is 52.3 Å². The topological polar surface area (TPSA) is 57.7 Å². The van der Waals surface area contributed by atoms with Crippen molar-refractivity contribution in [1.29, 1.82) is 0 Å². The van der Waals surface area contributed by atoms with Crippen LogP contribution in [0.4, 0.5) is 0 Å². The highest BCUT2D eigenvalue weighted by atomic mass is 79.9. The Morgan fingerprint density at radius 2 is 1.56 bits per heavy atom. The first-order valence-corrected chi connectivity index (χ1v) is 10.3. The molecule has 0 saturated carbocycles. The molecule has 1 saturated heterocycles. The molecule has 2 aromatic carbocycles. The average Bonchev–Trinajstić information content (AvgIpc) is 2.62. The van der Waals surface area contributed by atoms with Crippen LogP contribution < -0.4 is 0 Å². The fourth-order valence-corrected chi connectivity index (χ4v) is 5.21. The zero-order valence-corrected chi connectivity index (χ0v) is 16.4. The summed E-state index contributed by atoms with van der Waals surface area (Å²) in [5, 5.41) is 0.570. The Labute approximate surface area is 160 Å². The first-order valence-electron chi connectivity index (χ1n) is 7.69. The number of rotatable bonds is 3. The van der Waals surface area contributed by atoms with Crippen molar-refractivity contribution in [3.8, 4) is 0 Å². The lowest BCUT2D eigenvalue weighted by Crippen LogP contribution is -2.50.